The molecule has 0 saturated carbocycles. The molecule has 3 heteroatoms. The number of nitrogens with one attached hydrogen (secondary N) is 1. The van der Waals surface area contributed by atoms with Gasteiger partial charge in [-0.05, 0) is 37.6 Å². The average Bonchev–Trinajstić information content (AvgIpc) is 2.58. The second kappa shape index (κ2) is 6.54. The minimum absolute atomic E-state index is 0.752. The molecule has 1 aliphatic heterocycles. The molecular formula is C18H22N2S. The van der Waals surface area contributed by atoms with Crippen molar-refractivity contribution in [2.75, 3.05) is 31.1 Å². The molecule has 0 aliphatic carbocycles. The quantitative estimate of drug-likeness (QED) is 0.926. The van der Waals surface area contributed by atoms with Crippen LogP contribution in [0.2, 0.25) is 0 Å². The van der Waals surface area contributed by atoms with Gasteiger partial charge in [0.15, 0.2) is 0 Å². The smallest absolute Gasteiger partial charge is 0.0508 e. The molecule has 2 aromatic carbocycles. The van der Waals surface area contributed by atoms with Gasteiger partial charge in [-0.15, -0.1) is 0 Å². The van der Waals surface area contributed by atoms with E-state index in [0.29, 0.717) is 0 Å². The molecule has 0 radical (unpaired) electrons. The molecule has 0 spiro atoms. The van der Waals surface area contributed by atoms with Crippen LogP contribution in [0.25, 0.3) is 0 Å². The Kier molecular flexibility index (Phi) is 3.78. The molecule has 3 rings (SSSR count). The molecule has 1 N–H and O–H groups in total. The van der Waals surface area contributed by atoms with Gasteiger partial charge >= 0.3 is 0 Å². The number of hydrogen-bond donors (Lipinski definition) is 1. The number of anilines is 1. The van der Waals surface area contributed by atoms with Crippen molar-refractivity contribution in [2.24, 2.45) is 0 Å². The van der Waals surface area contributed by atoms with Gasteiger partial charge in [-0.25, -0.2) is 0 Å². The van der Waals surface area contributed by atoms with E-state index in [1.54, 1.807) is 11.8 Å². The van der Waals surface area contributed by atoms with Gasteiger partial charge in [-0.3, -0.25) is 0 Å². The summed E-state index contributed by atoms with van der Waals surface area (Å²) in [5.41, 5.74) is 3.18. The Balaban J connectivity index is 1.85. The van der Waals surface area contributed by atoms with Crippen molar-refractivity contribution in [3.05, 3.63) is 53.6 Å². The Bertz CT molecular complexity index is 670. The number of hydrogen-bond acceptors (Lipinski definition) is 3. The summed E-state index contributed by atoms with van der Waals surface area (Å²) in [6, 6.07) is 14.4. The molecule has 2 aromatic rings. The van der Waals surface area contributed by atoms with Crippen LogP contribution in [-0.4, -0.2) is 26.2 Å². The highest BCUT2D eigenvalue weighted by atomic mass is 32.2. The summed E-state index contributed by atoms with van der Waals surface area (Å²) in [6.45, 7) is 5.27. The summed E-state index contributed by atoms with van der Waals surface area (Å²) in [7, 11) is 0. The van der Waals surface area contributed by atoms with Gasteiger partial charge in [-0.2, -0.15) is 0 Å². The Morgan fingerprint density at radius 1 is 1.10 bits per heavy atom. The third-order valence-corrected chi connectivity index (χ3v) is 4.98. The van der Waals surface area contributed by atoms with Crippen LogP contribution in [0.5, 0.6) is 0 Å². The van der Waals surface area contributed by atoms with Gasteiger partial charge < -0.3 is 10.2 Å². The first kappa shape index (κ1) is 12.1. The van der Waals surface area contributed by atoms with Crippen molar-refractivity contribution in [1.82, 2.24) is 5.32 Å². The zero-order chi connectivity index (χ0) is 16.2. The SMILES string of the molecule is [2H]C([2H])c1ccc(Sc2ccccc2N2CCNCC2)c(C)c1. The van der Waals surface area contributed by atoms with E-state index in [2.05, 4.69) is 41.4 Å². The van der Waals surface area contributed by atoms with E-state index in [1.165, 1.54) is 15.5 Å². The summed E-state index contributed by atoms with van der Waals surface area (Å²) >= 11 is 1.77. The largest absolute Gasteiger partial charge is 0.368 e. The molecule has 1 saturated heterocycles. The first-order valence-electron chi connectivity index (χ1n) is 8.48. The maximum Gasteiger partial charge on any atom is 0.0508 e. The number of para-hydroxylation sites is 1. The summed E-state index contributed by atoms with van der Waals surface area (Å²) in [5.74, 6) is 0. The molecule has 0 aromatic heterocycles. The van der Waals surface area contributed by atoms with Crippen molar-refractivity contribution < 1.29 is 2.74 Å². The van der Waals surface area contributed by atoms with Crippen LogP contribution in [0, 0.1) is 13.8 Å². The predicted octanol–water partition coefficient (Wildman–Crippen LogP) is 3.86. The standard InChI is InChI=1S/C18H22N2S/c1-14-7-8-17(15(2)13-14)21-18-6-4-3-5-16(18)20-11-9-19-10-12-20/h3-8,13,19H,9-12H2,1-2H3/i1D2. The Morgan fingerprint density at radius 2 is 1.90 bits per heavy atom. The highest BCUT2D eigenvalue weighted by molar-refractivity contribution is 7.99. The van der Waals surface area contributed by atoms with Crippen molar-refractivity contribution in [3.8, 4) is 0 Å². The van der Waals surface area contributed by atoms with E-state index in [4.69, 9.17) is 2.74 Å². The first-order valence-corrected chi connectivity index (χ1v) is 8.14. The van der Waals surface area contributed by atoms with Gasteiger partial charge in [-0.1, -0.05) is 41.6 Å². The van der Waals surface area contributed by atoms with Gasteiger partial charge in [0.25, 0.3) is 0 Å². The van der Waals surface area contributed by atoms with E-state index in [0.717, 1.165) is 37.3 Å². The number of nitrogens with zero attached hydrogens (tertiary/aromatic N) is 1. The highest BCUT2D eigenvalue weighted by Crippen LogP contribution is 2.37. The lowest BCUT2D eigenvalue weighted by atomic mass is 10.2. The molecule has 0 amide bonds. The maximum atomic E-state index is 7.52. The fourth-order valence-electron chi connectivity index (χ4n) is 2.62. The Labute approximate surface area is 134 Å². The summed E-state index contributed by atoms with van der Waals surface area (Å²) in [6.07, 6.45) is 0. The number of benzene rings is 2. The zero-order valence-corrected chi connectivity index (χ0v) is 13.1. The predicted molar refractivity (Wildman–Crippen MR) is 91.6 cm³/mol. The van der Waals surface area contributed by atoms with Crippen LogP contribution in [0.1, 0.15) is 13.9 Å². The maximum absolute atomic E-state index is 7.52. The van der Waals surface area contributed by atoms with Crippen LogP contribution in [-0.2, 0) is 0 Å². The molecule has 0 atom stereocenters. The zero-order valence-electron chi connectivity index (χ0n) is 14.3. The molecule has 110 valence electrons. The highest BCUT2D eigenvalue weighted by Gasteiger charge is 2.14. The van der Waals surface area contributed by atoms with Gasteiger partial charge in [0.2, 0.25) is 0 Å². The Morgan fingerprint density at radius 3 is 2.67 bits per heavy atom. The average molecular weight is 300 g/mol. The first-order chi connectivity index (χ1) is 11.1. The third kappa shape index (κ3) is 3.42. The van der Waals surface area contributed by atoms with E-state index in [9.17, 15) is 0 Å². The Hall–Kier alpha value is -1.45. The third-order valence-electron chi connectivity index (χ3n) is 3.74. The monoisotopic (exact) mass is 300 g/mol. The minimum atomic E-state index is -0.916. The van der Waals surface area contributed by atoms with Gasteiger partial charge in [0, 0.05) is 38.7 Å². The number of aryl methyl sites for hydroxylation is 2. The molecule has 1 heterocycles. The van der Waals surface area contributed by atoms with E-state index < -0.39 is 6.88 Å². The minimum Gasteiger partial charge on any atom is -0.368 e. The van der Waals surface area contributed by atoms with Crippen molar-refractivity contribution in [2.45, 2.75) is 23.6 Å². The molecule has 2 nitrogen and oxygen atoms in total. The molecule has 21 heavy (non-hydrogen) atoms. The van der Waals surface area contributed by atoms with Gasteiger partial charge in [0.05, 0.1) is 5.69 Å². The molecule has 0 bridgehead atoms. The van der Waals surface area contributed by atoms with E-state index in [1.807, 2.05) is 18.2 Å². The fourth-order valence-corrected chi connectivity index (χ4v) is 3.66. The second-order valence-electron chi connectivity index (χ2n) is 5.33. The summed E-state index contributed by atoms with van der Waals surface area (Å²) in [4.78, 5) is 4.89. The number of piperazine rings is 1. The molecule has 1 aliphatic rings. The molecular weight excluding hydrogens is 276 g/mol. The van der Waals surface area contributed by atoms with Crippen LogP contribution >= 0.6 is 11.8 Å². The molecule has 0 unspecified atom stereocenters. The summed E-state index contributed by atoms with van der Waals surface area (Å²) < 4.78 is 15.0. The summed E-state index contributed by atoms with van der Waals surface area (Å²) in [5, 5.41) is 3.40. The molecule has 1 fully saturated rings. The topological polar surface area (TPSA) is 15.3 Å². The van der Waals surface area contributed by atoms with Crippen molar-refractivity contribution >= 4 is 17.4 Å². The van der Waals surface area contributed by atoms with Gasteiger partial charge in [0.1, 0.15) is 0 Å². The lowest BCUT2D eigenvalue weighted by molar-refractivity contribution is 0.587. The van der Waals surface area contributed by atoms with E-state index in [-0.39, 0.29) is 0 Å². The lowest BCUT2D eigenvalue weighted by Gasteiger charge is -2.31. The van der Waals surface area contributed by atoms with Crippen LogP contribution in [0.4, 0.5) is 5.69 Å². The van der Waals surface area contributed by atoms with Crippen molar-refractivity contribution in [1.29, 1.82) is 0 Å². The van der Waals surface area contributed by atoms with Crippen LogP contribution in [0.3, 0.4) is 0 Å². The van der Waals surface area contributed by atoms with E-state index >= 15 is 0 Å². The van der Waals surface area contributed by atoms with Crippen LogP contribution in [0.15, 0.2) is 52.3 Å². The lowest BCUT2D eigenvalue weighted by Crippen LogP contribution is -2.43. The normalized spacial score (nSPS) is 16.8. The fraction of sp³-hybridized carbons (Fsp3) is 0.333. The number of rotatable bonds is 3. The van der Waals surface area contributed by atoms with Crippen LogP contribution < -0.4 is 10.2 Å². The van der Waals surface area contributed by atoms with Crippen molar-refractivity contribution in [3.63, 3.8) is 0 Å². The second-order valence-corrected chi connectivity index (χ2v) is 6.42.